The maximum atomic E-state index is 4.42. The van der Waals surface area contributed by atoms with Crippen LogP contribution in [0.15, 0.2) is 34.7 Å². The summed E-state index contributed by atoms with van der Waals surface area (Å²) in [4.78, 5) is 7.25. The quantitative estimate of drug-likeness (QED) is 0.657. The SMILES string of the molecule is CCN(CC)CCSc1nnc(N2CCN(c3ccccc3)CC2)s1. The fourth-order valence-electron chi connectivity index (χ4n) is 2.99. The van der Waals surface area contributed by atoms with Crippen molar-refractivity contribution in [2.24, 2.45) is 0 Å². The van der Waals surface area contributed by atoms with Gasteiger partial charge in [-0.3, -0.25) is 0 Å². The lowest BCUT2D eigenvalue weighted by atomic mass is 10.2. The van der Waals surface area contributed by atoms with Crippen molar-refractivity contribution in [2.75, 3.05) is 61.4 Å². The molecule has 1 aromatic carbocycles. The third-order valence-electron chi connectivity index (χ3n) is 4.59. The van der Waals surface area contributed by atoms with Gasteiger partial charge in [0.05, 0.1) is 0 Å². The Bertz CT molecular complexity index is 621. The van der Waals surface area contributed by atoms with Crippen molar-refractivity contribution in [1.82, 2.24) is 15.1 Å². The van der Waals surface area contributed by atoms with E-state index in [2.05, 4.69) is 69.1 Å². The highest BCUT2D eigenvalue weighted by Crippen LogP contribution is 2.29. The first-order chi connectivity index (χ1) is 12.3. The Labute approximate surface area is 159 Å². The van der Waals surface area contributed by atoms with Crippen LogP contribution in [0, 0.1) is 0 Å². The van der Waals surface area contributed by atoms with Crippen molar-refractivity contribution >= 4 is 33.9 Å². The zero-order valence-corrected chi connectivity index (χ0v) is 16.7. The lowest BCUT2D eigenvalue weighted by Gasteiger charge is -2.35. The maximum Gasteiger partial charge on any atom is 0.209 e. The number of thioether (sulfide) groups is 1. The normalized spacial score (nSPS) is 15.2. The summed E-state index contributed by atoms with van der Waals surface area (Å²) in [6, 6.07) is 10.7. The second kappa shape index (κ2) is 9.40. The smallest absolute Gasteiger partial charge is 0.209 e. The highest BCUT2D eigenvalue weighted by atomic mass is 32.2. The van der Waals surface area contributed by atoms with E-state index in [-0.39, 0.29) is 0 Å². The van der Waals surface area contributed by atoms with Gasteiger partial charge >= 0.3 is 0 Å². The summed E-state index contributed by atoms with van der Waals surface area (Å²) in [7, 11) is 0. The van der Waals surface area contributed by atoms with Crippen LogP contribution in [0.4, 0.5) is 10.8 Å². The molecule has 2 heterocycles. The topological polar surface area (TPSA) is 35.5 Å². The summed E-state index contributed by atoms with van der Waals surface area (Å²) in [5, 5.41) is 9.86. The van der Waals surface area contributed by atoms with Gasteiger partial charge in [-0.2, -0.15) is 0 Å². The molecule has 0 bridgehead atoms. The van der Waals surface area contributed by atoms with Crippen molar-refractivity contribution in [3.8, 4) is 0 Å². The minimum absolute atomic E-state index is 1.01. The van der Waals surface area contributed by atoms with E-state index in [0.29, 0.717) is 0 Å². The molecule has 5 nitrogen and oxygen atoms in total. The molecule has 0 aliphatic carbocycles. The van der Waals surface area contributed by atoms with Gasteiger partial charge in [0.2, 0.25) is 5.13 Å². The van der Waals surface area contributed by atoms with Gasteiger partial charge in [0.15, 0.2) is 4.34 Å². The zero-order valence-electron chi connectivity index (χ0n) is 15.1. The van der Waals surface area contributed by atoms with Crippen molar-refractivity contribution in [1.29, 1.82) is 0 Å². The molecule has 1 aromatic heterocycles. The summed E-state index contributed by atoms with van der Waals surface area (Å²) in [6.07, 6.45) is 0. The molecule has 1 aliphatic rings. The first-order valence-electron chi connectivity index (χ1n) is 9.03. The molecular weight excluding hydrogens is 350 g/mol. The third-order valence-corrected chi connectivity index (χ3v) is 6.69. The fraction of sp³-hybridized carbons (Fsp3) is 0.556. The van der Waals surface area contributed by atoms with Gasteiger partial charge in [-0.25, -0.2) is 0 Å². The van der Waals surface area contributed by atoms with Crippen molar-refractivity contribution in [3.05, 3.63) is 30.3 Å². The molecule has 0 saturated carbocycles. The summed E-state index contributed by atoms with van der Waals surface area (Å²) in [6.45, 7) is 11.9. The van der Waals surface area contributed by atoms with E-state index in [1.165, 1.54) is 5.69 Å². The van der Waals surface area contributed by atoms with E-state index in [0.717, 1.165) is 61.0 Å². The Morgan fingerprint density at radius 2 is 1.68 bits per heavy atom. The first kappa shape index (κ1) is 18.5. The van der Waals surface area contributed by atoms with Crippen LogP contribution >= 0.6 is 23.1 Å². The number of anilines is 2. The summed E-state index contributed by atoms with van der Waals surface area (Å²) in [5.74, 6) is 1.08. The van der Waals surface area contributed by atoms with Crippen molar-refractivity contribution in [2.45, 2.75) is 18.2 Å². The highest BCUT2D eigenvalue weighted by molar-refractivity contribution is 8.01. The van der Waals surface area contributed by atoms with Gasteiger partial charge in [-0.1, -0.05) is 55.1 Å². The lowest BCUT2D eigenvalue weighted by molar-refractivity contribution is 0.324. The highest BCUT2D eigenvalue weighted by Gasteiger charge is 2.20. The largest absolute Gasteiger partial charge is 0.368 e. The molecule has 1 aliphatic heterocycles. The average molecular weight is 378 g/mol. The number of aromatic nitrogens is 2. The number of piperazine rings is 1. The van der Waals surface area contributed by atoms with Crippen molar-refractivity contribution in [3.63, 3.8) is 0 Å². The number of benzene rings is 1. The Kier molecular flexibility index (Phi) is 6.95. The minimum Gasteiger partial charge on any atom is -0.368 e. The van der Waals surface area contributed by atoms with Crippen LogP contribution in [0.1, 0.15) is 13.8 Å². The molecule has 3 rings (SSSR count). The zero-order chi connectivity index (χ0) is 17.5. The number of nitrogens with zero attached hydrogens (tertiary/aromatic N) is 5. The van der Waals surface area contributed by atoms with Gasteiger partial charge in [-0.05, 0) is 25.2 Å². The van der Waals surface area contributed by atoms with Crippen LogP contribution in [-0.2, 0) is 0 Å². The predicted molar refractivity (Wildman–Crippen MR) is 109 cm³/mol. The summed E-state index contributed by atoms with van der Waals surface area (Å²) < 4.78 is 1.09. The second-order valence-electron chi connectivity index (χ2n) is 6.04. The second-order valence-corrected chi connectivity index (χ2v) is 8.33. The van der Waals surface area contributed by atoms with E-state index >= 15 is 0 Å². The number of para-hydroxylation sites is 1. The van der Waals surface area contributed by atoms with E-state index < -0.39 is 0 Å². The third kappa shape index (κ3) is 5.09. The Morgan fingerprint density at radius 1 is 1.00 bits per heavy atom. The van der Waals surface area contributed by atoms with Crippen molar-refractivity contribution < 1.29 is 0 Å². The molecular formula is C18H27N5S2. The molecule has 0 spiro atoms. The van der Waals surface area contributed by atoms with Crippen LogP contribution < -0.4 is 9.80 Å². The van der Waals surface area contributed by atoms with Gasteiger partial charge in [0.1, 0.15) is 0 Å². The molecule has 2 aromatic rings. The average Bonchev–Trinajstić information content (AvgIpc) is 3.15. The Morgan fingerprint density at radius 3 is 2.36 bits per heavy atom. The number of hydrogen-bond donors (Lipinski definition) is 0. The van der Waals surface area contributed by atoms with Gasteiger partial charge in [0, 0.05) is 44.2 Å². The molecule has 0 N–H and O–H groups in total. The summed E-state index contributed by atoms with van der Waals surface area (Å²) in [5.41, 5.74) is 1.31. The van der Waals surface area contributed by atoms with Crippen LogP contribution in [-0.4, -0.2) is 66.7 Å². The standard InChI is InChI=1S/C18H27N5S2/c1-3-21(4-2)14-15-24-18-20-19-17(25-18)23-12-10-22(11-13-23)16-8-6-5-7-9-16/h5-9H,3-4,10-15H2,1-2H3. The summed E-state index contributed by atoms with van der Waals surface area (Å²) >= 11 is 3.56. The lowest BCUT2D eigenvalue weighted by Crippen LogP contribution is -2.46. The van der Waals surface area contributed by atoms with Crippen LogP contribution in [0.25, 0.3) is 0 Å². The van der Waals surface area contributed by atoms with E-state index in [1.54, 1.807) is 11.3 Å². The van der Waals surface area contributed by atoms with Gasteiger partial charge < -0.3 is 14.7 Å². The first-order valence-corrected chi connectivity index (χ1v) is 10.8. The van der Waals surface area contributed by atoms with Crippen LogP contribution in [0.3, 0.4) is 0 Å². The molecule has 0 radical (unpaired) electrons. The molecule has 0 amide bonds. The Balaban J connectivity index is 1.47. The molecule has 136 valence electrons. The molecule has 25 heavy (non-hydrogen) atoms. The van der Waals surface area contributed by atoms with E-state index in [9.17, 15) is 0 Å². The van der Waals surface area contributed by atoms with Gasteiger partial charge in [-0.15, -0.1) is 10.2 Å². The molecule has 7 heteroatoms. The van der Waals surface area contributed by atoms with E-state index in [4.69, 9.17) is 0 Å². The van der Waals surface area contributed by atoms with Gasteiger partial charge in [0.25, 0.3) is 0 Å². The molecule has 0 atom stereocenters. The predicted octanol–water partition coefficient (Wildman–Crippen LogP) is 3.30. The molecule has 1 saturated heterocycles. The Hall–Kier alpha value is -1.31. The van der Waals surface area contributed by atoms with Crippen LogP contribution in [0.2, 0.25) is 0 Å². The van der Waals surface area contributed by atoms with Crippen LogP contribution in [0.5, 0.6) is 0 Å². The number of hydrogen-bond acceptors (Lipinski definition) is 7. The fourth-order valence-corrected chi connectivity index (χ4v) is 4.95. The monoisotopic (exact) mass is 377 g/mol. The maximum absolute atomic E-state index is 4.42. The minimum atomic E-state index is 1.01. The van der Waals surface area contributed by atoms with E-state index in [1.807, 2.05) is 11.8 Å². The molecule has 0 unspecified atom stereocenters. The number of rotatable bonds is 8. The molecule has 1 fully saturated rings.